The molecule has 2 N–H and O–H groups in total. The van der Waals surface area contributed by atoms with E-state index in [2.05, 4.69) is 21.4 Å². The number of nitriles is 1. The molecule has 0 unspecified atom stereocenters. The molecule has 0 spiro atoms. The van der Waals surface area contributed by atoms with Crippen molar-refractivity contribution < 1.29 is 14.7 Å². The standard InChI is InChI=1S/C18H13N5O3/c19-7-10-1-3-12-11(5-10)2-4-13(12)22-17(24)14-6-15(18(25)26)23-9-20-8-16(23)21-14/h1,3,5-6,8-9,13H,2,4H2,(H,22,24)(H,25,26)/t13-/m0/s1. The molecule has 2 heterocycles. The Morgan fingerprint density at radius 1 is 1.35 bits per heavy atom. The van der Waals surface area contributed by atoms with Gasteiger partial charge in [0.1, 0.15) is 17.7 Å². The van der Waals surface area contributed by atoms with Gasteiger partial charge in [0.05, 0.1) is 23.9 Å². The Labute approximate surface area is 147 Å². The van der Waals surface area contributed by atoms with Crippen molar-refractivity contribution in [3.8, 4) is 6.07 Å². The van der Waals surface area contributed by atoms with Crippen LogP contribution < -0.4 is 5.32 Å². The van der Waals surface area contributed by atoms with Crippen LogP contribution in [0.15, 0.2) is 36.8 Å². The lowest BCUT2D eigenvalue weighted by Gasteiger charge is -2.14. The second-order valence-electron chi connectivity index (χ2n) is 6.04. The molecule has 128 valence electrons. The number of carboxylic acids is 1. The van der Waals surface area contributed by atoms with Crippen LogP contribution in [0, 0.1) is 11.3 Å². The average Bonchev–Trinajstić information content (AvgIpc) is 3.27. The second-order valence-corrected chi connectivity index (χ2v) is 6.04. The van der Waals surface area contributed by atoms with E-state index in [1.54, 1.807) is 6.07 Å². The second kappa shape index (κ2) is 5.97. The molecule has 2 aromatic heterocycles. The van der Waals surface area contributed by atoms with Crippen molar-refractivity contribution >= 4 is 17.5 Å². The average molecular weight is 347 g/mol. The van der Waals surface area contributed by atoms with Crippen LogP contribution in [-0.4, -0.2) is 31.4 Å². The minimum Gasteiger partial charge on any atom is -0.477 e. The van der Waals surface area contributed by atoms with Crippen molar-refractivity contribution in [1.82, 2.24) is 19.7 Å². The zero-order valence-electron chi connectivity index (χ0n) is 13.5. The van der Waals surface area contributed by atoms with Crippen LogP contribution >= 0.6 is 0 Å². The van der Waals surface area contributed by atoms with Gasteiger partial charge in [0.2, 0.25) is 0 Å². The molecule has 4 rings (SSSR count). The molecular weight excluding hydrogens is 334 g/mol. The number of rotatable bonds is 3. The number of imidazole rings is 1. The van der Waals surface area contributed by atoms with Gasteiger partial charge in [0, 0.05) is 6.07 Å². The fraction of sp³-hybridized carbons (Fsp3) is 0.167. The molecule has 1 aliphatic rings. The quantitative estimate of drug-likeness (QED) is 0.744. The molecule has 0 fully saturated rings. The highest BCUT2D eigenvalue weighted by Gasteiger charge is 2.26. The fourth-order valence-corrected chi connectivity index (χ4v) is 3.26. The topological polar surface area (TPSA) is 120 Å². The number of aromatic carboxylic acids is 1. The molecule has 0 radical (unpaired) electrons. The van der Waals surface area contributed by atoms with E-state index in [1.165, 1.54) is 23.0 Å². The molecule has 1 amide bonds. The number of hydrogen-bond acceptors (Lipinski definition) is 5. The Bertz CT molecular complexity index is 1100. The molecular formula is C18H13N5O3. The first-order chi connectivity index (χ1) is 12.6. The highest BCUT2D eigenvalue weighted by atomic mass is 16.4. The normalized spacial score (nSPS) is 15.4. The van der Waals surface area contributed by atoms with Gasteiger partial charge >= 0.3 is 5.97 Å². The summed E-state index contributed by atoms with van der Waals surface area (Å²) < 4.78 is 1.31. The lowest BCUT2D eigenvalue weighted by Crippen LogP contribution is -2.28. The Balaban J connectivity index is 1.63. The van der Waals surface area contributed by atoms with Crippen molar-refractivity contribution in [2.24, 2.45) is 0 Å². The van der Waals surface area contributed by atoms with Gasteiger partial charge in [-0.15, -0.1) is 0 Å². The van der Waals surface area contributed by atoms with Crippen LogP contribution in [0.2, 0.25) is 0 Å². The summed E-state index contributed by atoms with van der Waals surface area (Å²) in [6.07, 6.45) is 4.23. The fourth-order valence-electron chi connectivity index (χ4n) is 3.26. The number of benzene rings is 1. The molecule has 0 aliphatic heterocycles. The van der Waals surface area contributed by atoms with Crippen LogP contribution in [0.25, 0.3) is 5.65 Å². The van der Waals surface area contributed by atoms with Gasteiger partial charge in [-0.1, -0.05) is 6.07 Å². The summed E-state index contributed by atoms with van der Waals surface area (Å²) in [6, 6.07) is 8.56. The third kappa shape index (κ3) is 2.56. The summed E-state index contributed by atoms with van der Waals surface area (Å²) in [5, 5.41) is 21.2. The van der Waals surface area contributed by atoms with Crippen molar-refractivity contribution in [2.75, 3.05) is 0 Å². The molecule has 1 aliphatic carbocycles. The van der Waals surface area contributed by atoms with E-state index >= 15 is 0 Å². The molecule has 1 aromatic carbocycles. The highest BCUT2D eigenvalue weighted by molar-refractivity contribution is 5.96. The van der Waals surface area contributed by atoms with E-state index in [1.807, 2.05) is 12.1 Å². The Kier molecular flexibility index (Phi) is 3.62. The first-order valence-corrected chi connectivity index (χ1v) is 7.97. The van der Waals surface area contributed by atoms with Gasteiger partial charge < -0.3 is 10.4 Å². The first-order valence-electron chi connectivity index (χ1n) is 7.97. The van der Waals surface area contributed by atoms with Crippen molar-refractivity contribution in [1.29, 1.82) is 5.26 Å². The van der Waals surface area contributed by atoms with E-state index in [9.17, 15) is 14.7 Å². The lowest BCUT2D eigenvalue weighted by molar-refractivity contribution is 0.0688. The van der Waals surface area contributed by atoms with Crippen LogP contribution in [0.1, 0.15) is 50.1 Å². The zero-order chi connectivity index (χ0) is 18.3. The summed E-state index contributed by atoms with van der Waals surface area (Å²) in [4.78, 5) is 32.1. The van der Waals surface area contributed by atoms with Gasteiger partial charge in [-0.3, -0.25) is 9.20 Å². The van der Waals surface area contributed by atoms with Crippen LogP contribution in [-0.2, 0) is 6.42 Å². The molecule has 3 aromatic rings. The van der Waals surface area contributed by atoms with Gasteiger partial charge in [0.15, 0.2) is 5.65 Å². The van der Waals surface area contributed by atoms with Crippen LogP contribution in [0.5, 0.6) is 0 Å². The van der Waals surface area contributed by atoms with E-state index < -0.39 is 11.9 Å². The van der Waals surface area contributed by atoms with E-state index in [-0.39, 0.29) is 17.4 Å². The summed E-state index contributed by atoms with van der Waals surface area (Å²) in [6.45, 7) is 0. The first kappa shape index (κ1) is 15.8. The van der Waals surface area contributed by atoms with Crippen molar-refractivity contribution in [3.05, 3.63) is 64.9 Å². The molecule has 0 saturated heterocycles. The molecule has 0 saturated carbocycles. The molecule has 8 heteroatoms. The highest BCUT2D eigenvalue weighted by Crippen LogP contribution is 2.31. The summed E-state index contributed by atoms with van der Waals surface area (Å²) in [5.74, 6) is -1.61. The number of aryl methyl sites for hydroxylation is 1. The lowest BCUT2D eigenvalue weighted by atomic mass is 10.1. The number of aromatic nitrogens is 3. The van der Waals surface area contributed by atoms with Gasteiger partial charge in [-0.25, -0.2) is 14.8 Å². The predicted octanol–water partition coefficient (Wildman–Crippen LogP) is 1.72. The Morgan fingerprint density at radius 2 is 2.19 bits per heavy atom. The maximum absolute atomic E-state index is 12.6. The maximum atomic E-state index is 12.6. The number of carbonyl (C=O) groups excluding carboxylic acids is 1. The van der Waals surface area contributed by atoms with E-state index in [0.29, 0.717) is 11.2 Å². The number of nitrogens with one attached hydrogen (secondary N) is 1. The minimum atomic E-state index is -1.17. The predicted molar refractivity (Wildman–Crippen MR) is 89.6 cm³/mol. The van der Waals surface area contributed by atoms with Crippen molar-refractivity contribution in [3.63, 3.8) is 0 Å². The number of amides is 1. The molecule has 8 nitrogen and oxygen atoms in total. The van der Waals surface area contributed by atoms with E-state index in [4.69, 9.17) is 5.26 Å². The number of hydrogen-bond donors (Lipinski definition) is 2. The Hall–Kier alpha value is -3.73. The SMILES string of the molecule is N#Cc1ccc2c(c1)CC[C@@H]2NC(=O)c1cc(C(=O)O)n2cncc2n1. The smallest absolute Gasteiger partial charge is 0.353 e. The summed E-state index contributed by atoms with van der Waals surface area (Å²) in [7, 11) is 0. The number of carboxylic acid groups (broad SMARTS) is 1. The van der Waals surface area contributed by atoms with Gasteiger partial charge in [0.25, 0.3) is 5.91 Å². The summed E-state index contributed by atoms with van der Waals surface area (Å²) in [5.41, 5.74) is 2.84. The van der Waals surface area contributed by atoms with Gasteiger partial charge in [-0.2, -0.15) is 5.26 Å². The minimum absolute atomic E-state index is 0.0255. The monoisotopic (exact) mass is 347 g/mol. The number of fused-ring (bicyclic) bond motifs is 2. The third-order valence-electron chi connectivity index (χ3n) is 4.49. The van der Waals surface area contributed by atoms with E-state index in [0.717, 1.165) is 24.0 Å². The Morgan fingerprint density at radius 3 is 2.96 bits per heavy atom. The number of carbonyl (C=O) groups is 2. The maximum Gasteiger partial charge on any atom is 0.353 e. The van der Waals surface area contributed by atoms with Crippen molar-refractivity contribution in [2.45, 2.75) is 18.9 Å². The molecule has 1 atom stereocenters. The van der Waals surface area contributed by atoms with Gasteiger partial charge in [-0.05, 0) is 36.1 Å². The zero-order valence-corrected chi connectivity index (χ0v) is 13.5. The third-order valence-corrected chi connectivity index (χ3v) is 4.49. The summed E-state index contributed by atoms with van der Waals surface area (Å²) >= 11 is 0. The number of nitrogens with zero attached hydrogens (tertiary/aromatic N) is 4. The molecule has 26 heavy (non-hydrogen) atoms. The largest absolute Gasteiger partial charge is 0.477 e. The molecule has 0 bridgehead atoms. The van der Waals surface area contributed by atoms with Crippen LogP contribution in [0.3, 0.4) is 0 Å². The van der Waals surface area contributed by atoms with Crippen LogP contribution in [0.4, 0.5) is 0 Å².